The largest absolute Gasteiger partial charge is 0.394 e. The number of aliphatic hydroxyl groups excluding tert-OH is 5. The van der Waals surface area contributed by atoms with Crippen LogP contribution in [0.5, 0.6) is 0 Å². The number of fused-ring (bicyclic) bond motifs is 7. The Kier molecular flexibility index (Phi) is 8.63. The summed E-state index contributed by atoms with van der Waals surface area (Å²) in [7, 11) is 0. The Morgan fingerprint density at radius 3 is 2.38 bits per heavy atom. The molecular formula is C33H56O9. The van der Waals surface area contributed by atoms with Crippen LogP contribution in [0.25, 0.3) is 0 Å². The summed E-state index contributed by atoms with van der Waals surface area (Å²) in [4.78, 5) is 0. The van der Waals surface area contributed by atoms with Gasteiger partial charge in [0, 0.05) is 12.3 Å². The van der Waals surface area contributed by atoms with Crippen molar-refractivity contribution >= 4 is 0 Å². The van der Waals surface area contributed by atoms with E-state index in [1.54, 1.807) is 0 Å². The quantitative estimate of drug-likeness (QED) is 0.261. The second-order valence-electron chi connectivity index (χ2n) is 15.9. The van der Waals surface area contributed by atoms with Crippen molar-refractivity contribution in [2.75, 3.05) is 13.2 Å². The molecule has 6 aliphatic rings. The summed E-state index contributed by atoms with van der Waals surface area (Å²) in [5, 5.41) is 61.9. The van der Waals surface area contributed by atoms with E-state index in [2.05, 4.69) is 20.8 Å². The van der Waals surface area contributed by atoms with Gasteiger partial charge in [0.15, 0.2) is 12.1 Å². The van der Waals surface area contributed by atoms with E-state index in [0.29, 0.717) is 41.9 Å². The predicted octanol–water partition coefficient (Wildman–Crippen LogP) is 2.57. The van der Waals surface area contributed by atoms with Gasteiger partial charge in [-0.25, -0.2) is 0 Å². The van der Waals surface area contributed by atoms with E-state index in [0.717, 1.165) is 31.6 Å². The summed E-state index contributed by atoms with van der Waals surface area (Å²) in [6, 6.07) is 0. The topological polar surface area (TPSA) is 149 Å². The Balaban J connectivity index is 1.05. The summed E-state index contributed by atoms with van der Waals surface area (Å²) in [5.41, 5.74) is 0.521. The summed E-state index contributed by atoms with van der Waals surface area (Å²) in [6.07, 6.45) is 3.76. The van der Waals surface area contributed by atoms with Gasteiger partial charge in [0.2, 0.25) is 0 Å². The third-order valence-corrected chi connectivity index (χ3v) is 13.7. The molecule has 9 heteroatoms. The number of aliphatic hydroxyl groups is 6. The third-order valence-electron chi connectivity index (χ3n) is 13.7. The second-order valence-corrected chi connectivity index (χ2v) is 15.9. The Hall–Kier alpha value is -0.360. The maximum atomic E-state index is 11.8. The Morgan fingerprint density at radius 1 is 0.905 bits per heavy atom. The highest BCUT2D eigenvalue weighted by atomic mass is 16.7. The van der Waals surface area contributed by atoms with E-state index >= 15 is 0 Å². The molecule has 0 radical (unpaired) electrons. The molecule has 0 amide bonds. The zero-order valence-electron chi connectivity index (χ0n) is 26.0. The molecule has 0 bridgehead atoms. The van der Waals surface area contributed by atoms with Crippen LogP contribution in [0.3, 0.4) is 0 Å². The molecule has 0 spiro atoms. The molecule has 4 saturated carbocycles. The van der Waals surface area contributed by atoms with Crippen LogP contribution in [0.15, 0.2) is 0 Å². The molecule has 9 nitrogen and oxygen atoms in total. The van der Waals surface area contributed by atoms with Crippen LogP contribution in [-0.2, 0) is 14.2 Å². The fourth-order valence-corrected chi connectivity index (χ4v) is 11.2. The molecular weight excluding hydrogens is 540 g/mol. The second kappa shape index (κ2) is 11.5. The molecule has 242 valence electrons. The summed E-state index contributed by atoms with van der Waals surface area (Å²) < 4.78 is 17.8. The number of hydrogen-bond acceptors (Lipinski definition) is 9. The maximum absolute atomic E-state index is 11.8. The van der Waals surface area contributed by atoms with E-state index in [1.807, 2.05) is 6.92 Å². The third kappa shape index (κ3) is 5.01. The zero-order chi connectivity index (χ0) is 30.2. The lowest BCUT2D eigenvalue weighted by Gasteiger charge is -2.61. The van der Waals surface area contributed by atoms with Crippen LogP contribution >= 0.6 is 0 Å². The Morgan fingerprint density at radius 2 is 1.64 bits per heavy atom. The standard InChI is InChI=1S/C33H56O9/c1-17(16-40-30-29(38)28(37)27(36)25(15-34)41-30)7-12-33(39)18(2)26-24(42-33)14-23-21-6-5-19-13-20(35)8-10-31(19,3)22(21)9-11-32(23,26)4/h17-30,34-39H,5-16H2,1-4H3/t17-,18-,19+,20-,21+,22-,23-,24-,25+,26-,27+,28-,29+,30+,31-,32-,33+/m0/s1. The van der Waals surface area contributed by atoms with E-state index in [9.17, 15) is 30.6 Å². The molecule has 0 aromatic carbocycles. The Labute approximate surface area is 250 Å². The first-order valence-corrected chi connectivity index (χ1v) is 16.8. The molecule has 0 aromatic rings. The van der Waals surface area contributed by atoms with Gasteiger partial charge in [-0.2, -0.15) is 0 Å². The van der Waals surface area contributed by atoms with Crippen molar-refractivity contribution in [3.05, 3.63) is 0 Å². The van der Waals surface area contributed by atoms with Crippen molar-refractivity contribution in [2.24, 2.45) is 52.3 Å². The lowest BCUT2D eigenvalue weighted by molar-refractivity contribution is -0.303. The first kappa shape index (κ1) is 31.6. The van der Waals surface area contributed by atoms with Crippen LogP contribution in [0, 0.1) is 52.3 Å². The molecule has 6 rings (SSSR count). The van der Waals surface area contributed by atoms with E-state index in [-0.39, 0.29) is 36.1 Å². The minimum Gasteiger partial charge on any atom is -0.394 e. The highest BCUT2D eigenvalue weighted by Gasteiger charge is 2.68. The van der Waals surface area contributed by atoms with Crippen molar-refractivity contribution in [1.29, 1.82) is 0 Å². The van der Waals surface area contributed by atoms with Gasteiger partial charge in [0.05, 0.1) is 25.4 Å². The Bertz CT molecular complexity index is 964. The van der Waals surface area contributed by atoms with Crippen molar-refractivity contribution in [3.8, 4) is 0 Å². The SMILES string of the molecule is C[C@@H](CC[C@@]1(O)O[C@H]2C[C@H]3[C@@H]4CC[C@@H]5C[C@@H](O)CC[C@]5(C)[C@H]4CC[C@]3(C)[C@H]2[C@@H]1C)CO[C@@H]1O[C@H](CO)[C@@H](O)[C@H](O)[C@H]1O. The molecule has 2 heterocycles. The smallest absolute Gasteiger partial charge is 0.186 e. The lowest BCUT2D eigenvalue weighted by Crippen LogP contribution is -2.59. The minimum atomic E-state index is -1.46. The molecule has 2 aliphatic heterocycles. The van der Waals surface area contributed by atoms with Gasteiger partial charge in [0.25, 0.3) is 0 Å². The maximum Gasteiger partial charge on any atom is 0.186 e. The van der Waals surface area contributed by atoms with Gasteiger partial charge in [-0.1, -0.05) is 27.7 Å². The van der Waals surface area contributed by atoms with Crippen molar-refractivity contribution < 1.29 is 44.8 Å². The highest BCUT2D eigenvalue weighted by Crippen LogP contribution is 2.70. The number of rotatable bonds is 7. The fourth-order valence-electron chi connectivity index (χ4n) is 11.2. The van der Waals surface area contributed by atoms with E-state index in [4.69, 9.17) is 14.2 Å². The molecule has 6 N–H and O–H groups in total. The monoisotopic (exact) mass is 596 g/mol. The molecule has 6 fully saturated rings. The first-order valence-electron chi connectivity index (χ1n) is 16.8. The van der Waals surface area contributed by atoms with Crippen LogP contribution in [0.2, 0.25) is 0 Å². The predicted molar refractivity (Wildman–Crippen MR) is 154 cm³/mol. The normalized spacial score (nSPS) is 56.3. The average molecular weight is 597 g/mol. The summed E-state index contributed by atoms with van der Waals surface area (Å²) in [6.45, 7) is 8.95. The molecule has 2 saturated heterocycles. The number of ether oxygens (including phenoxy) is 3. The van der Waals surface area contributed by atoms with Crippen molar-refractivity contribution in [3.63, 3.8) is 0 Å². The zero-order valence-corrected chi connectivity index (χ0v) is 26.0. The fraction of sp³-hybridized carbons (Fsp3) is 1.00. The van der Waals surface area contributed by atoms with Crippen LogP contribution < -0.4 is 0 Å². The summed E-state index contributed by atoms with van der Waals surface area (Å²) in [5.74, 6) is 1.96. The molecule has 0 unspecified atom stereocenters. The summed E-state index contributed by atoms with van der Waals surface area (Å²) >= 11 is 0. The van der Waals surface area contributed by atoms with Crippen LogP contribution in [-0.4, -0.2) is 92.6 Å². The van der Waals surface area contributed by atoms with Crippen molar-refractivity contribution in [2.45, 2.75) is 141 Å². The molecule has 4 aliphatic carbocycles. The number of hydrogen-bond donors (Lipinski definition) is 6. The first-order chi connectivity index (χ1) is 19.8. The van der Waals surface area contributed by atoms with Gasteiger partial charge >= 0.3 is 0 Å². The van der Waals surface area contributed by atoms with Crippen LogP contribution in [0.1, 0.15) is 91.9 Å². The average Bonchev–Trinajstić information content (AvgIpc) is 3.39. The van der Waals surface area contributed by atoms with Crippen LogP contribution in [0.4, 0.5) is 0 Å². The highest BCUT2D eigenvalue weighted by molar-refractivity contribution is 5.15. The molecule has 17 atom stereocenters. The van der Waals surface area contributed by atoms with Gasteiger partial charge in [-0.05, 0) is 104 Å². The lowest BCUT2D eigenvalue weighted by atomic mass is 9.44. The van der Waals surface area contributed by atoms with Gasteiger partial charge < -0.3 is 44.8 Å². The molecule has 42 heavy (non-hydrogen) atoms. The van der Waals surface area contributed by atoms with E-state index in [1.165, 1.54) is 25.7 Å². The van der Waals surface area contributed by atoms with Gasteiger partial charge in [0.1, 0.15) is 24.4 Å². The van der Waals surface area contributed by atoms with Gasteiger partial charge in [-0.3, -0.25) is 0 Å². The molecule has 0 aromatic heterocycles. The van der Waals surface area contributed by atoms with E-state index < -0.39 is 43.1 Å². The minimum absolute atomic E-state index is 0.0290. The van der Waals surface area contributed by atoms with Gasteiger partial charge in [-0.15, -0.1) is 0 Å². The van der Waals surface area contributed by atoms with Crippen molar-refractivity contribution in [1.82, 2.24) is 0 Å².